The molecule has 2 saturated carbocycles. The van der Waals surface area contributed by atoms with Crippen molar-refractivity contribution in [2.45, 2.75) is 33.1 Å². The summed E-state index contributed by atoms with van der Waals surface area (Å²) in [7, 11) is 0. The highest BCUT2D eigenvalue weighted by Gasteiger charge is 2.57. The van der Waals surface area contributed by atoms with Gasteiger partial charge in [-0.2, -0.15) is 0 Å². The maximum atomic E-state index is 11.0. The normalized spacial score (nSPS) is 43.5. The SMILES string of the molecule is C=C1C(C)(C)[C@H]2CC[C@@]1(C=O)C2. The zero-order chi connectivity index (χ0) is 8.98. The van der Waals surface area contributed by atoms with Crippen LogP contribution in [-0.4, -0.2) is 6.29 Å². The number of allylic oxidation sites excluding steroid dienone is 1. The van der Waals surface area contributed by atoms with Gasteiger partial charge in [0, 0.05) is 5.41 Å². The van der Waals surface area contributed by atoms with Gasteiger partial charge in [-0.25, -0.2) is 0 Å². The molecule has 66 valence electrons. The van der Waals surface area contributed by atoms with E-state index in [4.69, 9.17) is 0 Å². The third-order valence-electron chi connectivity index (χ3n) is 4.17. The first kappa shape index (κ1) is 8.03. The van der Waals surface area contributed by atoms with Crippen LogP contribution in [0.5, 0.6) is 0 Å². The van der Waals surface area contributed by atoms with Crippen molar-refractivity contribution in [1.82, 2.24) is 0 Å². The minimum Gasteiger partial charge on any atom is -0.302 e. The van der Waals surface area contributed by atoms with Crippen LogP contribution in [0, 0.1) is 16.7 Å². The van der Waals surface area contributed by atoms with Gasteiger partial charge < -0.3 is 4.79 Å². The van der Waals surface area contributed by atoms with Crippen molar-refractivity contribution in [3.05, 3.63) is 12.2 Å². The Morgan fingerprint density at radius 2 is 2.25 bits per heavy atom. The lowest BCUT2D eigenvalue weighted by molar-refractivity contribution is -0.114. The summed E-state index contributed by atoms with van der Waals surface area (Å²) >= 11 is 0. The van der Waals surface area contributed by atoms with E-state index in [0.29, 0.717) is 5.92 Å². The molecule has 0 radical (unpaired) electrons. The van der Waals surface area contributed by atoms with Crippen molar-refractivity contribution in [3.63, 3.8) is 0 Å². The number of carbonyl (C=O) groups is 1. The van der Waals surface area contributed by atoms with Crippen molar-refractivity contribution in [2.75, 3.05) is 0 Å². The maximum Gasteiger partial charge on any atom is 0.130 e. The zero-order valence-corrected chi connectivity index (χ0v) is 7.89. The molecule has 0 amide bonds. The molecule has 0 heterocycles. The topological polar surface area (TPSA) is 17.1 Å². The summed E-state index contributed by atoms with van der Waals surface area (Å²) in [6, 6.07) is 0. The first-order valence-corrected chi connectivity index (χ1v) is 4.69. The van der Waals surface area contributed by atoms with Crippen LogP contribution in [0.25, 0.3) is 0 Å². The maximum absolute atomic E-state index is 11.0. The monoisotopic (exact) mass is 164 g/mol. The van der Waals surface area contributed by atoms with E-state index in [-0.39, 0.29) is 10.8 Å². The third kappa shape index (κ3) is 0.675. The molecule has 0 aromatic heterocycles. The second-order valence-electron chi connectivity index (χ2n) is 4.91. The van der Waals surface area contributed by atoms with E-state index >= 15 is 0 Å². The van der Waals surface area contributed by atoms with E-state index in [1.807, 2.05) is 0 Å². The Balaban J connectivity index is 2.44. The molecule has 2 rings (SSSR count). The van der Waals surface area contributed by atoms with E-state index in [2.05, 4.69) is 20.4 Å². The highest BCUT2D eigenvalue weighted by molar-refractivity contribution is 5.68. The molecule has 0 saturated heterocycles. The van der Waals surface area contributed by atoms with Crippen molar-refractivity contribution in [3.8, 4) is 0 Å². The van der Waals surface area contributed by atoms with Gasteiger partial charge in [-0.15, -0.1) is 0 Å². The fraction of sp³-hybridized carbons (Fsp3) is 0.727. The van der Waals surface area contributed by atoms with Gasteiger partial charge in [0.1, 0.15) is 6.29 Å². The molecule has 2 fully saturated rings. The number of hydrogen-bond donors (Lipinski definition) is 0. The van der Waals surface area contributed by atoms with Crippen LogP contribution in [0.3, 0.4) is 0 Å². The van der Waals surface area contributed by atoms with Gasteiger partial charge in [0.15, 0.2) is 0 Å². The highest BCUT2D eigenvalue weighted by Crippen LogP contribution is 2.64. The van der Waals surface area contributed by atoms with Gasteiger partial charge in [-0.1, -0.05) is 26.0 Å². The largest absolute Gasteiger partial charge is 0.302 e. The predicted molar refractivity (Wildman–Crippen MR) is 48.8 cm³/mol. The summed E-state index contributed by atoms with van der Waals surface area (Å²) in [5.74, 6) is 0.704. The van der Waals surface area contributed by atoms with Gasteiger partial charge in [-0.3, -0.25) is 0 Å². The third-order valence-corrected chi connectivity index (χ3v) is 4.17. The first-order chi connectivity index (χ1) is 5.53. The van der Waals surface area contributed by atoms with Crippen molar-refractivity contribution >= 4 is 6.29 Å². The fourth-order valence-corrected chi connectivity index (χ4v) is 3.03. The standard InChI is InChI=1S/C11H16O/c1-8-10(2,3)9-4-5-11(8,6-9)7-12/h7,9H,1,4-6H2,2-3H3/t9-,11-/m0/s1. The lowest BCUT2D eigenvalue weighted by Crippen LogP contribution is -2.28. The summed E-state index contributed by atoms with van der Waals surface area (Å²) in [4.78, 5) is 11.0. The van der Waals surface area contributed by atoms with E-state index < -0.39 is 0 Å². The summed E-state index contributed by atoms with van der Waals surface area (Å²) in [5.41, 5.74) is 1.26. The van der Waals surface area contributed by atoms with E-state index in [1.165, 1.54) is 12.0 Å². The average Bonchev–Trinajstić information content (AvgIpc) is 2.53. The van der Waals surface area contributed by atoms with Crippen LogP contribution >= 0.6 is 0 Å². The Bertz CT molecular complexity index is 252. The summed E-state index contributed by atoms with van der Waals surface area (Å²) in [5, 5.41) is 0. The molecule has 0 aromatic rings. The van der Waals surface area contributed by atoms with Crippen molar-refractivity contribution in [1.29, 1.82) is 0 Å². The highest BCUT2D eigenvalue weighted by atomic mass is 16.1. The molecule has 12 heavy (non-hydrogen) atoms. The summed E-state index contributed by atoms with van der Waals surface area (Å²) < 4.78 is 0. The molecule has 1 heteroatoms. The molecule has 0 N–H and O–H groups in total. The molecule has 0 aliphatic heterocycles. The molecule has 2 aliphatic carbocycles. The Labute approximate surface area is 73.8 Å². The van der Waals surface area contributed by atoms with Gasteiger partial charge in [0.05, 0.1) is 0 Å². The minimum atomic E-state index is -0.131. The van der Waals surface area contributed by atoms with Crippen LogP contribution in [0.15, 0.2) is 12.2 Å². The summed E-state index contributed by atoms with van der Waals surface area (Å²) in [6.07, 6.45) is 4.46. The minimum absolute atomic E-state index is 0.131. The van der Waals surface area contributed by atoms with Crippen LogP contribution < -0.4 is 0 Å². The lowest BCUT2D eigenvalue weighted by Gasteiger charge is -2.35. The van der Waals surface area contributed by atoms with E-state index in [1.54, 1.807) is 0 Å². The van der Waals surface area contributed by atoms with Crippen LogP contribution in [0.2, 0.25) is 0 Å². The quantitative estimate of drug-likeness (QED) is 0.430. The van der Waals surface area contributed by atoms with Gasteiger partial charge in [-0.05, 0) is 30.6 Å². The van der Waals surface area contributed by atoms with Crippen molar-refractivity contribution in [2.24, 2.45) is 16.7 Å². The molecule has 2 atom stereocenters. The fourth-order valence-electron chi connectivity index (χ4n) is 3.03. The Kier molecular flexibility index (Phi) is 1.35. The van der Waals surface area contributed by atoms with Crippen LogP contribution in [0.1, 0.15) is 33.1 Å². The van der Waals surface area contributed by atoms with Gasteiger partial charge in [0.25, 0.3) is 0 Å². The Hall–Kier alpha value is -0.590. The number of carbonyl (C=O) groups excluding carboxylic acids is 1. The molecule has 0 unspecified atom stereocenters. The molecule has 0 spiro atoms. The number of rotatable bonds is 1. The second kappa shape index (κ2) is 2.01. The lowest BCUT2D eigenvalue weighted by atomic mass is 9.69. The summed E-state index contributed by atoms with van der Waals surface area (Å²) in [6.45, 7) is 8.55. The molecular formula is C11H16O. The van der Waals surface area contributed by atoms with Crippen molar-refractivity contribution < 1.29 is 4.79 Å². The predicted octanol–water partition coefficient (Wildman–Crippen LogP) is 2.57. The number of aldehydes is 1. The van der Waals surface area contributed by atoms with E-state index in [0.717, 1.165) is 19.1 Å². The Morgan fingerprint density at radius 1 is 1.58 bits per heavy atom. The van der Waals surface area contributed by atoms with Crippen LogP contribution in [0.4, 0.5) is 0 Å². The van der Waals surface area contributed by atoms with Crippen LogP contribution in [-0.2, 0) is 4.79 Å². The average molecular weight is 164 g/mol. The van der Waals surface area contributed by atoms with Gasteiger partial charge >= 0.3 is 0 Å². The van der Waals surface area contributed by atoms with E-state index in [9.17, 15) is 4.79 Å². The smallest absolute Gasteiger partial charge is 0.130 e. The molecule has 1 nitrogen and oxygen atoms in total. The molecule has 2 aliphatic rings. The second-order valence-corrected chi connectivity index (χ2v) is 4.91. The number of fused-ring (bicyclic) bond motifs is 2. The Morgan fingerprint density at radius 3 is 2.58 bits per heavy atom. The first-order valence-electron chi connectivity index (χ1n) is 4.69. The molecule has 2 bridgehead atoms. The molecule has 0 aromatic carbocycles. The molecular weight excluding hydrogens is 148 g/mol. The zero-order valence-electron chi connectivity index (χ0n) is 7.89. The number of hydrogen-bond acceptors (Lipinski definition) is 1. The van der Waals surface area contributed by atoms with Gasteiger partial charge in [0.2, 0.25) is 0 Å².